The van der Waals surface area contributed by atoms with Gasteiger partial charge in [0.15, 0.2) is 5.88 Å². The summed E-state index contributed by atoms with van der Waals surface area (Å²) in [5.74, 6) is 0.396. The molecule has 3 heteroatoms. The Morgan fingerprint density at radius 1 is 0.955 bits per heavy atom. The van der Waals surface area contributed by atoms with Gasteiger partial charge in [0.05, 0.1) is 5.92 Å². The predicted molar refractivity (Wildman–Crippen MR) is 85.9 cm³/mol. The maximum atomic E-state index is 11.4. The summed E-state index contributed by atoms with van der Waals surface area (Å²) in [6.45, 7) is 0.498. The smallest absolute Gasteiger partial charge is 0.191 e. The molecule has 0 fully saturated rings. The standard InChI is InChI=1S/C19H17NO2/c21-13-18(16-9-5-2-6-10-16)17-11-19(20-12-17)22-14-15-7-3-1-4-8-15/h1-13,18,20H,14H2. The second-order valence-corrected chi connectivity index (χ2v) is 5.10. The molecule has 0 radical (unpaired) electrons. The number of H-pyrrole nitrogens is 1. The number of hydrogen-bond acceptors (Lipinski definition) is 2. The quantitative estimate of drug-likeness (QED) is 0.699. The van der Waals surface area contributed by atoms with E-state index in [0.29, 0.717) is 12.5 Å². The Kier molecular flexibility index (Phi) is 4.35. The molecule has 2 aromatic carbocycles. The number of benzene rings is 2. The molecule has 0 saturated carbocycles. The number of carbonyl (C=O) groups is 1. The third-order valence-corrected chi connectivity index (χ3v) is 3.57. The zero-order valence-electron chi connectivity index (χ0n) is 12.1. The van der Waals surface area contributed by atoms with Crippen molar-refractivity contribution >= 4 is 6.29 Å². The van der Waals surface area contributed by atoms with Crippen molar-refractivity contribution in [1.29, 1.82) is 0 Å². The molecule has 1 unspecified atom stereocenters. The van der Waals surface area contributed by atoms with Crippen molar-refractivity contribution < 1.29 is 9.53 Å². The van der Waals surface area contributed by atoms with E-state index in [2.05, 4.69) is 4.98 Å². The third-order valence-electron chi connectivity index (χ3n) is 3.57. The van der Waals surface area contributed by atoms with Crippen molar-refractivity contribution in [3.63, 3.8) is 0 Å². The van der Waals surface area contributed by atoms with Crippen LogP contribution in [0, 0.1) is 0 Å². The summed E-state index contributed by atoms with van der Waals surface area (Å²) in [4.78, 5) is 14.5. The summed E-state index contributed by atoms with van der Waals surface area (Å²) in [5.41, 5.74) is 2.99. The van der Waals surface area contributed by atoms with Crippen molar-refractivity contribution in [3.05, 3.63) is 89.6 Å². The van der Waals surface area contributed by atoms with Crippen molar-refractivity contribution in [2.45, 2.75) is 12.5 Å². The number of ether oxygens (including phenoxy) is 1. The van der Waals surface area contributed by atoms with E-state index in [1.165, 1.54) is 0 Å². The number of carbonyl (C=O) groups excluding carboxylic acids is 1. The highest BCUT2D eigenvalue weighted by Crippen LogP contribution is 2.25. The summed E-state index contributed by atoms with van der Waals surface area (Å²) in [7, 11) is 0. The fraction of sp³-hybridized carbons (Fsp3) is 0.105. The molecule has 0 aliphatic heterocycles. The van der Waals surface area contributed by atoms with Crippen LogP contribution in [0.4, 0.5) is 0 Å². The van der Waals surface area contributed by atoms with Gasteiger partial charge in [-0.15, -0.1) is 0 Å². The molecule has 1 atom stereocenters. The first-order chi connectivity index (χ1) is 10.9. The van der Waals surface area contributed by atoms with E-state index >= 15 is 0 Å². The van der Waals surface area contributed by atoms with E-state index < -0.39 is 0 Å². The molecule has 3 rings (SSSR count). The normalized spacial score (nSPS) is 11.8. The van der Waals surface area contributed by atoms with E-state index in [-0.39, 0.29) is 5.92 Å². The van der Waals surface area contributed by atoms with Crippen LogP contribution in [-0.4, -0.2) is 11.3 Å². The van der Waals surface area contributed by atoms with Crippen LogP contribution in [0.5, 0.6) is 5.88 Å². The van der Waals surface area contributed by atoms with Crippen LogP contribution >= 0.6 is 0 Å². The third kappa shape index (κ3) is 3.26. The van der Waals surface area contributed by atoms with Crippen LogP contribution in [-0.2, 0) is 11.4 Å². The fourth-order valence-corrected chi connectivity index (χ4v) is 2.40. The van der Waals surface area contributed by atoms with Gasteiger partial charge in [-0.05, 0) is 16.7 Å². The lowest BCUT2D eigenvalue weighted by Gasteiger charge is -2.08. The first-order valence-electron chi connectivity index (χ1n) is 7.22. The number of rotatable bonds is 6. The predicted octanol–water partition coefficient (Wildman–Crippen LogP) is 3.92. The zero-order chi connectivity index (χ0) is 15.2. The van der Waals surface area contributed by atoms with Crippen molar-refractivity contribution in [2.24, 2.45) is 0 Å². The van der Waals surface area contributed by atoms with Crippen LogP contribution < -0.4 is 4.74 Å². The lowest BCUT2D eigenvalue weighted by atomic mass is 9.95. The first kappa shape index (κ1) is 14.1. The van der Waals surface area contributed by atoms with Crippen LogP contribution in [0.3, 0.4) is 0 Å². The highest BCUT2D eigenvalue weighted by Gasteiger charge is 2.15. The maximum Gasteiger partial charge on any atom is 0.191 e. The topological polar surface area (TPSA) is 42.1 Å². The van der Waals surface area contributed by atoms with Crippen LogP contribution in [0.2, 0.25) is 0 Å². The number of aldehydes is 1. The minimum absolute atomic E-state index is 0.272. The van der Waals surface area contributed by atoms with E-state index in [1.807, 2.05) is 72.9 Å². The van der Waals surface area contributed by atoms with E-state index in [4.69, 9.17) is 4.74 Å². The Morgan fingerprint density at radius 2 is 1.64 bits per heavy atom. The molecule has 0 aliphatic rings. The van der Waals surface area contributed by atoms with Gasteiger partial charge >= 0.3 is 0 Å². The van der Waals surface area contributed by atoms with Crippen molar-refractivity contribution in [1.82, 2.24) is 4.98 Å². The highest BCUT2D eigenvalue weighted by molar-refractivity contribution is 5.68. The van der Waals surface area contributed by atoms with Gasteiger partial charge in [-0.3, -0.25) is 0 Å². The lowest BCUT2D eigenvalue weighted by Crippen LogP contribution is -2.00. The number of aromatic nitrogens is 1. The highest BCUT2D eigenvalue weighted by atomic mass is 16.5. The molecule has 0 aliphatic carbocycles. The van der Waals surface area contributed by atoms with Crippen LogP contribution in [0.1, 0.15) is 22.6 Å². The Hall–Kier alpha value is -2.81. The molecule has 1 aromatic heterocycles. The van der Waals surface area contributed by atoms with Crippen molar-refractivity contribution in [2.75, 3.05) is 0 Å². The molecular weight excluding hydrogens is 274 g/mol. The largest absolute Gasteiger partial charge is 0.474 e. The summed E-state index contributed by atoms with van der Waals surface area (Å²) in [5, 5.41) is 0. The molecule has 1 heterocycles. The van der Waals surface area contributed by atoms with Crippen LogP contribution in [0.15, 0.2) is 72.9 Å². The van der Waals surface area contributed by atoms with Gasteiger partial charge in [-0.25, -0.2) is 0 Å². The summed E-state index contributed by atoms with van der Waals surface area (Å²) in [6.07, 6.45) is 2.78. The minimum atomic E-state index is -0.272. The minimum Gasteiger partial charge on any atom is -0.474 e. The average Bonchev–Trinajstić information content (AvgIpc) is 3.04. The molecule has 0 saturated heterocycles. The Labute approximate surface area is 129 Å². The summed E-state index contributed by atoms with van der Waals surface area (Å²) >= 11 is 0. The van der Waals surface area contributed by atoms with E-state index in [1.54, 1.807) is 0 Å². The van der Waals surface area contributed by atoms with Crippen LogP contribution in [0.25, 0.3) is 0 Å². The SMILES string of the molecule is O=CC(c1ccccc1)c1c[nH]c(OCc2ccccc2)c1. The lowest BCUT2D eigenvalue weighted by molar-refractivity contribution is -0.108. The van der Waals surface area contributed by atoms with Gasteiger partial charge in [0.25, 0.3) is 0 Å². The second-order valence-electron chi connectivity index (χ2n) is 5.10. The van der Waals surface area contributed by atoms with E-state index in [0.717, 1.165) is 23.0 Å². The molecule has 3 aromatic rings. The zero-order valence-corrected chi connectivity index (χ0v) is 12.1. The van der Waals surface area contributed by atoms with Gasteiger partial charge in [-0.2, -0.15) is 0 Å². The summed E-state index contributed by atoms with van der Waals surface area (Å²) < 4.78 is 5.73. The number of aromatic amines is 1. The monoisotopic (exact) mass is 291 g/mol. The number of hydrogen-bond donors (Lipinski definition) is 1. The molecule has 0 spiro atoms. The molecule has 1 N–H and O–H groups in total. The maximum absolute atomic E-state index is 11.4. The van der Waals surface area contributed by atoms with Gasteiger partial charge < -0.3 is 14.5 Å². The molecule has 0 amide bonds. The van der Waals surface area contributed by atoms with Gasteiger partial charge in [0, 0.05) is 12.3 Å². The van der Waals surface area contributed by atoms with Gasteiger partial charge in [0.1, 0.15) is 12.9 Å². The molecule has 22 heavy (non-hydrogen) atoms. The molecular formula is C19H17NO2. The fourth-order valence-electron chi connectivity index (χ4n) is 2.40. The van der Waals surface area contributed by atoms with Gasteiger partial charge in [-0.1, -0.05) is 60.7 Å². The average molecular weight is 291 g/mol. The molecule has 110 valence electrons. The Morgan fingerprint density at radius 3 is 2.32 bits per heavy atom. The first-order valence-corrected chi connectivity index (χ1v) is 7.22. The summed E-state index contributed by atoms with van der Waals surface area (Å²) in [6, 6.07) is 21.6. The van der Waals surface area contributed by atoms with E-state index in [9.17, 15) is 4.79 Å². The van der Waals surface area contributed by atoms with Crippen molar-refractivity contribution in [3.8, 4) is 5.88 Å². The molecule has 0 bridgehead atoms. The Bertz CT molecular complexity index is 719. The number of nitrogens with one attached hydrogen (secondary N) is 1. The Balaban J connectivity index is 1.71. The van der Waals surface area contributed by atoms with Gasteiger partial charge in [0.2, 0.25) is 0 Å². The second kappa shape index (κ2) is 6.76. The molecule has 3 nitrogen and oxygen atoms in total.